The normalized spacial score (nSPS) is 10.8. The fourth-order valence-electron chi connectivity index (χ4n) is 2.97. The molecule has 1 aromatic carbocycles. The van der Waals surface area contributed by atoms with E-state index >= 15 is 0 Å². The van der Waals surface area contributed by atoms with E-state index in [-0.39, 0.29) is 11.7 Å². The van der Waals surface area contributed by atoms with E-state index in [0.717, 1.165) is 22.7 Å². The summed E-state index contributed by atoms with van der Waals surface area (Å²) < 4.78 is 7.35. The van der Waals surface area contributed by atoms with Crippen molar-refractivity contribution in [3.63, 3.8) is 0 Å². The number of thioether (sulfide) groups is 1. The van der Waals surface area contributed by atoms with Crippen LogP contribution in [0.2, 0.25) is 0 Å². The van der Waals surface area contributed by atoms with E-state index in [1.54, 1.807) is 30.6 Å². The van der Waals surface area contributed by atoms with Crippen molar-refractivity contribution in [3.8, 4) is 11.4 Å². The topological polar surface area (TPSA) is 77.1 Å². The van der Waals surface area contributed by atoms with Gasteiger partial charge < -0.3 is 9.32 Å². The Labute approximate surface area is 178 Å². The Kier molecular flexibility index (Phi) is 6.24. The molecule has 0 aliphatic carbocycles. The quantitative estimate of drug-likeness (QED) is 0.405. The molecule has 0 aliphatic rings. The summed E-state index contributed by atoms with van der Waals surface area (Å²) in [6.07, 6.45) is 5.10. The highest BCUT2D eigenvalue weighted by molar-refractivity contribution is 7.99. The number of carbonyl (C=O) groups excluding carboxylic acids is 1. The first-order chi connectivity index (χ1) is 14.7. The van der Waals surface area contributed by atoms with Gasteiger partial charge in [0.15, 0.2) is 11.0 Å². The van der Waals surface area contributed by atoms with Crippen LogP contribution in [0.25, 0.3) is 11.4 Å². The Bertz CT molecular complexity index is 1080. The van der Waals surface area contributed by atoms with Gasteiger partial charge in [-0.15, -0.1) is 10.2 Å². The third kappa shape index (κ3) is 4.77. The zero-order valence-corrected chi connectivity index (χ0v) is 17.3. The van der Waals surface area contributed by atoms with Crippen LogP contribution in [-0.4, -0.2) is 43.4 Å². The second-order valence-electron chi connectivity index (χ2n) is 6.74. The van der Waals surface area contributed by atoms with Crippen LogP contribution in [0.1, 0.15) is 11.3 Å². The molecule has 3 heterocycles. The first-order valence-electron chi connectivity index (χ1n) is 9.47. The van der Waals surface area contributed by atoms with Gasteiger partial charge in [0, 0.05) is 25.0 Å². The van der Waals surface area contributed by atoms with E-state index in [0.29, 0.717) is 18.2 Å². The second-order valence-corrected chi connectivity index (χ2v) is 7.68. The van der Waals surface area contributed by atoms with Crippen LogP contribution in [0.5, 0.6) is 0 Å². The average Bonchev–Trinajstić information content (AvgIpc) is 3.43. The van der Waals surface area contributed by atoms with E-state index in [1.807, 2.05) is 47.0 Å². The van der Waals surface area contributed by atoms with Crippen molar-refractivity contribution >= 4 is 17.7 Å². The molecule has 0 unspecified atom stereocenters. The van der Waals surface area contributed by atoms with Crippen molar-refractivity contribution in [3.05, 3.63) is 84.6 Å². The highest BCUT2D eigenvalue weighted by Gasteiger charge is 2.18. The predicted octanol–water partition coefficient (Wildman–Crippen LogP) is 3.73. The van der Waals surface area contributed by atoms with Crippen LogP contribution in [-0.2, 0) is 17.9 Å². The summed E-state index contributed by atoms with van der Waals surface area (Å²) in [7, 11) is 1.77. The first-order valence-corrected chi connectivity index (χ1v) is 10.5. The van der Waals surface area contributed by atoms with Crippen molar-refractivity contribution in [2.75, 3.05) is 12.8 Å². The van der Waals surface area contributed by atoms with Gasteiger partial charge in [0.25, 0.3) is 0 Å². The van der Waals surface area contributed by atoms with Crippen molar-refractivity contribution in [2.24, 2.45) is 0 Å². The van der Waals surface area contributed by atoms with E-state index in [4.69, 9.17) is 4.42 Å². The fraction of sp³-hybridized carbons (Fsp3) is 0.182. The van der Waals surface area contributed by atoms with Crippen molar-refractivity contribution in [1.82, 2.24) is 24.6 Å². The van der Waals surface area contributed by atoms with Crippen LogP contribution in [0.3, 0.4) is 0 Å². The molecule has 7 nitrogen and oxygen atoms in total. The molecule has 30 heavy (non-hydrogen) atoms. The molecule has 4 aromatic rings. The number of nitrogens with zero attached hydrogens (tertiary/aromatic N) is 5. The lowest BCUT2D eigenvalue weighted by atomic mass is 10.2. The highest BCUT2D eigenvalue weighted by Crippen LogP contribution is 2.25. The predicted molar refractivity (Wildman–Crippen MR) is 115 cm³/mol. The lowest BCUT2D eigenvalue weighted by molar-refractivity contribution is -0.127. The summed E-state index contributed by atoms with van der Waals surface area (Å²) in [4.78, 5) is 18.4. The molecule has 0 bridgehead atoms. The number of benzene rings is 1. The first kappa shape index (κ1) is 19.9. The van der Waals surface area contributed by atoms with Gasteiger partial charge in [-0.2, -0.15) is 0 Å². The molecule has 4 rings (SSSR count). The number of aromatic nitrogens is 4. The Hall–Kier alpha value is -3.39. The maximum Gasteiger partial charge on any atom is 0.233 e. The molecule has 0 radical (unpaired) electrons. The Balaban J connectivity index is 1.52. The molecule has 3 aromatic heterocycles. The molecular formula is C22H21N5O2S. The zero-order valence-electron chi connectivity index (χ0n) is 16.5. The van der Waals surface area contributed by atoms with Crippen LogP contribution in [0, 0.1) is 0 Å². The number of amides is 1. The van der Waals surface area contributed by atoms with Crippen molar-refractivity contribution in [1.29, 1.82) is 0 Å². The number of hydrogen-bond donors (Lipinski definition) is 0. The third-order valence-corrected chi connectivity index (χ3v) is 5.50. The minimum atomic E-state index is -0.00594. The largest absolute Gasteiger partial charge is 0.467 e. The summed E-state index contributed by atoms with van der Waals surface area (Å²) in [5.74, 6) is 1.73. The minimum Gasteiger partial charge on any atom is -0.467 e. The zero-order chi connectivity index (χ0) is 20.8. The summed E-state index contributed by atoms with van der Waals surface area (Å²) in [5.41, 5.74) is 2.01. The van der Waals surface area contributed by atoms with Gasteiger partial charge in [-0.25, -0.2) is 0 Å². The van der Waals surface area contributed by atoms with Crippen LogP contribution in [0.4, 0.5) is 0 Å². The lowest BCUT2D eigenvalue weighted by Gasteiger charge is -2.15. The van der Waals surface area contributed by atoms with E-state index in [9.17, 15) is 4.79 Å². The van der Waals surface area contributed by atoms with Gasteiger partial charge in [0.05, 0.1) is 25.1 Å². The number of rotatable bonds is 8. The van der Waals surface area contributed by atoms with Gasteiger partial charge in [0.2, 0.25) is 5.91 Å². The van der Waals surface area contributed by atoms with Crippen LogP contribution >= 0.6 is 11.8 Å². The summed E-state index contributed by atoms with van der Waals surface area (Å²) in [6, 6.07) is 17.6. The third-order valence-electron chi connectivity index (χ3n) is 4.54. The SMILES string of the molecule is CN(Cc1ccco1)C(=O)CSc1nnc(-c2cccnc2)n1Cc1ccccc1. The summed E-state index contributed by atoms with van der Waals surface area (Å²) in [5, 5.41) is 9.43. The molecule has 0 spiro atoms. The summed E-state index contributed by atoms with van der Waals surface area (Å²) >= 11 is 1.38. The lowest BCUT2D eigenvalue weighted by Crippen LogP contribution is -2.27. The highest BCUT2D eigenvalue weighted by atomic mass is 32.2. The second kappa shape index (κ2) is 9.41. The van der Waals surface area contributed by atoms with E-state index in [2.05, 4.69) is 27.3 Å². The maximum absolute atomic E-state index is 12.6. The Morgan fingerprint density at radius 2 is 1.97 bits per heavy atom. The van der Waals surface area contributed by atoms with Gasteiger partial charge in [-0.3, -0.25) is 14.3 Å². The van der Waals surface area contributed by atoms with Gasteiger partial charge in [0.1, 0.15) is 5.76 Å². The molecule has 152 valence electrons. The van der Waals surface area contributed by atoms with Crippen molar-refractivity contribution in [2.45, 2.75) is 18.2 Å². The van der Waals surface area contributed by atoms with E-state index in [1.165, 1.54) is 11.8 Å². The standard InChI is InChI=1S/C22H21N5O2S/c1-26(15-19-10-6-12-29-19)20(28)16-30-22-25-24-21(18-9-5-11-23-13-18)27(22)14-17-7-3-2-4-8-17/h2-13H,14-16H2,1H3. The molecule has 0 aliphatic heterocycles. The molecule has 0 saturated carbocycles. The van der Waals surface area contributed by atoms with Gasteiger partial charge in [-0.05, 0) is 29.8 Å². The number of carbonyl (C=O) groups is 1. The maximum atomic E-state index is 12.6. The summed E-state index contributed by atoms with van der Waals surface area (Å²) in [6.45, 7) is 1.04. The van der Waals surface area contributed by atoms with Crippen LogP contribution in [0.15, 0.2) is 82.8 Å². The molecule has 0 fully saturated rings. The van der Waals surface area contributed by atoms with Gasteiger partial charge in [-0.1, -0.05) is 42.1 Å². The van der Waals surface area contributed by atoms with E-state index < -0.39 is 0 Å². The number of hydrogen-bond acceptors (Lipinski definition) is 6. The average molecular weight is 420 g/mol. The Morgan fingerprint density at radius 1 is 1.10 bits per heavy atom. The molecule has 8 heteroatoms. The molecular weight excluding hydrogens is 398 g/mol. The molecule has 0 atom stereocenters. The number of furan rings is 1. The monoisotopic (exact) mass is 419 g/mol. The van der Waals surface area contributed by atoms with Gasteiger partial charge >= 0.3 is 0 Å². The smallest absolute Gasteiger partial charge is 0.233 e. The minimum absolute atomic E-state index is 0.00594. The molecule has 1 amide bonds. The molecule has 0 N–H and O–H groups in total. The Morgan fingerprint density at radius 3 is 2.70 bits per heavy atom. The van der Waals surface area contributed by atoms with Crippen molar-refractivity contribution < 1.29 is 9.21 Å². The molecule has 0 saturated heterocycles. The van der Waals surface area contributed by atoms with Crippen LogP contribution < -0.4 is 0 Å². The number of pyridine rings is 1. The fourth-order valence-corrected chi connectivity index (χ4v) is 3.85.